The summed E-state index contributed by atoms with van der Waals surface area (Å²) < 4.78 is 42.9. The van der Waals surface area contributed by atoms with E-state index in [4.69, 9.17) is 0 Å². The van der Waals surface area contributed by atoms with E-state index in [0.717, 1.165) is 17.5 Å². The molecular weight excluding hydrogens is 401 g/mol. The molecule has 0 unspecified atom stereocenters. The lowest BCUT2D eigenvalue weighted by atomic mass is 10.1. The highest BCUT2D eigenvalue weighted by Crippen LogP contribution is 2.35. The first-order valence-corrected chi connectivity index (χ1v) is 9.86. The van der Waals surface area contributed by atoms with Gasteiger partial charge in [-0.3, -0.25) is 19.0 Å². The van der Waals surface area contributed by atoms with Gasteiger partial charge in [-0.1, -0.05) is 6.42 Å². The topological polar surface area (TPSA) is 85.0 Å². The van der Waals surface area contributed by atoms with E-state index in [1.807, 2.05) is 6.92 Å². The average molecular weight is 426 g/mol. The summed E-state index contributed by atoms with van der Waals surface area (Å²) in [7, 11) is 3.16. The van der Waals surface area contributed by atoms with Crippen molar-refractivity contribution in [3.63, 3.8) is 0 Å². The molecule has 2 amide bonds. The van der Waals surface area contributed by atoms with Gasteiger partial charge in [0.2, 0.25) is 5.91 Å². The first-order chi connectivity index (χ1) is 14.1. The van der Waals surface area contributed by atoms with Gasteiger partial charge in [-0.2, -0.15) is 23.4 Å². The fourth-order valence-corrected chi connectivity index (χ4v) is 3.69. The molecule has 2 aromatic heterocycles. The molecule has 8 nitrogen and oxygen atoms in total. The van der Waals surface area contributed by atoms with E-state index in [-0.39, 0.29) is 29.4 Å². The quantitative estimate of drug-likeness (QED) is 0.745. The zero-order chi connectivity index (χ0) is 22.1. The fourth-order valence-electron chi connectivity index (χ4n) is 3.69. The van der Waals surface area contributed by atoms with Crippen LogP contribution in [0.5, 0.6) is 0 Å². The molecule has 30 heavy (non-hydrogen) atoms. The van der Waals surface area contributed by atoms with Crippen LogP contribution in [-0.4, -0.2) is 50.4 Å². The molecule has 1 N–H and O–H groups in total. The molecule has 164 valence electrons. The summed E-state index contributed by atoms with van der Waals surface area (Å²) in [6.07, 6.45) is -0.195. The molecule has 0 aromatic carbocycles. The molecule has 3 rings (SSSR count). The number of aromatic nitrogens is 4. The summed E-state index contributed by atoms with van der Waals surface area (Å²) in [5.74, 6) is -0.904. The van der Waals surface area contributed by atoms with Crippen LogP contribution in [0.15, 0.2) is 6.20 Å². The van der Waals surface area contributed by atoms with Gasteiger partial charge < -0.3 is 10.2 Å². The maximum Gasteiger partial charge on any atom is 0.435 e. The van der Waals surface area contributed by atoms with Crippen LogP contribution in [0.25, 0.3) is 0 Å². The molecule has 11 heteroatoms. The molecular formula is C19H25F3N6O2. The van der Waals surface area contributed by atoms with Gasteiger partial charge in [0.25, 0.3) is 5.91 Å². The van der Waals surface area contributed by atoms with E-state index >= 15 is 0 Å². The SMILES string of the molecule is CCn1ncc(NC(=O)Cn2nc(C(F)(F)F)c3c2CCCCC3)c1C(=O)N(C)C. The van der Waals surface area contributed by atoms with Crippen molar-refractivity contribution in [2.45, 2.75) is 58.3 Å². The first-order valence-electron chi connectivity index (χ1n) is 9.86. The highest BCUT2D eigenvalue weighted by Gasteiger charge is 2.39. The Hall–Kier alpha value is -2.85. The Morgan fingerprint density at radius 3 is 2.50 bits per heavy atom. The Labute approximate surface area is 172 Å². The van der Waals surface area contributed by atoms with E-state index in [1.54, 1.807) is 14.1 Å². The number of anilines is 1. The minimum absolute atomic E-state index is 0.190. The normalized spacial score (nSPS) is 14.2. The second-order valence-corrected chi connectivity index (χ2v) is 7.46. The van der Waals surface area contributed by atoms with Crippen molar-refractivity contribution in [1.82, 2.24) is 24.5 Å². The van der Waals surface area contributed by atoms with Crippen LogP contribution >= 0.6 is 0 Å². The lowest BCUT2D eigenvalue weighted by Gasteiger charge is -2.14. The third-order valence-electron chi connectivity index (χ3n) is 5.09. The Bertz CT molecular complexity index is 945. The van der Waals surface area contributed by atoms with Gasteiger partial charge in [0.15, 0.2) is 5.69 Å². The predicted octanol–water partition coefficient (Wildman–Crippen LogP) is 2.73. The molecule has 1 aliphatic rings. The van der Waals surface area contributed by atoms with Gasteiger partial charge in [-0.05, 0) is 32.6 Å². The minimum atomic E-state index is -4.57. The number of hydrogen-bond donors (Lipinski definition) is 1. The highest BCUT2D eigenvalue weighted by molar-refractivity contribution is 6.02. The number of hydrogen-bond acceptors (Lipinski definition) is 4. The second kappa shape index (κ2) is 8.49. The van der Waals surface area contributed by atoms with Crippen molar-refractivity contribution in [3.8, 4) is 0 Å². The Morgan fingerprint density at radius 2 is 1.87 bits per heavy atom. The standard InChI is InChI=1S/C19H25F3N6O2/c1-4-27-16(18(30)26(2)3)13(10-23-27)24-15(29)11-28-14-9-7-5-6-8-12(14)17(25-28)19(20,21)22/h10H,4-9,11H2,1-3H3,(H,24,29). The molecule has 0 fully saturated rings. The van der Waals surface area contributed by atoms with Crippen LogP contribution in [0.4, 0.5) is 18.9 Å². The summed E-state index contributed by atoms with van der Waals surface area (Å²) >= 11 is 0. The molecule has 0 spiro atoms. The van der Waals surface area contributed by atoms with Gasteiger partial charge in [0, 0.05) is 31.9 Å². The van der Waals surface area contributed by atoms with Crippen molar-refractivity contribution in [2.24, 2.45) is 0 Å². The molecule has 0 saturated heterocycles. The number of carbonyl (C=O) groups excluding carboxylic acids is 2. The molecule has 0 atom stereocenters. The van der Waals surface area contributed by atoms with Crippen LogP contribution in [0.1, 0.15) is 53.6 Å². The largest absolute Gasteiger partial charge is 0.435 e. The lowest BCUT2D eigenvalue weighted by molar-refractivity contribution is -0.142. The predicted molar refractivity (Wildman–Crippen MR) is 103 cm³/mol. The molecule has 2 heterocycles. The van der Waals surface area contributed by atoms with E-state index in [0.29, 0.717) is 31.5 Å². The van der Waals surface area contributed by atoms with E-state index < -0.39 is 17.8 Å². The van der Waals surface area contributed by atoms with E-state index in [2.05, 4.69) is 15.5 Å². The minimum Gasteiger partial charge on any atom is -0.343 e. The van der Waals surface area contributed by atoms with E-state index in [1.165, 1.54) is 15.8 Å². The molecule has 0 saturated carbocycles. The zero-order valence-electron chi connectivity index (χ0n) is 17.2. The van der Waals surface area contributed by atoms with Crippen molar-refractivity contribution >= 4 is 17.5 Å². The van der Waals surface area contributed by atoms with Gasteiger partial charge in [-0.15, -0.1) is 0 Å². The van der Waals surface area contributed by atoms with Gasteiger partial charge in [0.05, 0.1) is 11.9 Å². The third kappa shape index (κ3) is 4.34. The van der Waals surface area contributed by atoms with Crippen molar-refractivity contribution < 1.29 is 22.8 Å². The van der Waals surface area contributed by atoms with Crippen molar-refractivity contribution in [3.05, 3.63) is 28.8 Å². The summed E-state index contributed by atoms with van der Waals surface area (Å²) in [4.78, 5) is 26.5. The van der Waals surface area contributed by atoms with Crippen LogP contribution in [0.2, 0.25) is 0 Å². The number of halogens is 3. The lowest BCUT2D eigenvalue weighted by Crippen LogP contribution is -2.27. The summed E-state index contributed by atoms with van der Waals surface area (Å²) in [5, 5.41) is 10.4. The molecule has 0 radical (unpaired) electrons. The first kappa shape index (κ1) is 21.8. The smallest absolute Gasteiger partial charge is 0.343 e. The van der Waals surface area contributed by atoms with Crippen molar-refractivity contribution in [1.29, 1.82) is 0 Å². The van der Waals surface area contributed by atoms with Gasteiger partial charge in [0.1, 0.15) is 12.2 Å². The average Bonchev–Trinajstić information content (AvgIpc) is 3.12. The molecule has 0 bridgehead atoms. The Kier molecular flexibility index (Phi) is 6.18. The van der Waals surface area contributed by atoms with Crippen LogP contribution in [0, 0.1) is 0 Å². The summed E-state index contributed by atoms with van der Waals surface area (Å²) in [6, 6.07) is 0. The number of carbonyl (C=O) groups is 2. The monoisotopic (exact) mass is 426 g/mol. The highest BCUT2D eigenvalue weighted by atomic mass is 19.4. The number of fused-ring (bicyclic) bond motifs is 1. The Morgan fingerprint density at radius 1 is 1.17 bits per heavy atom. The molecule has 2 aromatic rings. The van der Waals surface area contributed by atoms with Gasteiger partial charge in [-0.25, -0.2) is 0 Å². The number of rotatable bonds is 5. The van der Waals surface area contributed by atoms with Crippen molar-refractivity contribution in [2.75, 3.05) is 19.4 Å². The summed E-state index contributed by atoms with van der Waals surface area (Å²) in [6.45, 7) is 1.86. The fraction of sp³-hybridized carbons (Fsp3) is 0.579. The van der Waals surface area contributed by atoms with E-state index in [9.17, 15) is 22.8 Å². The van der Waals surface area contributed by atoms with Gasteiger partial charge >= 0.3 is 6.18 Å². The number of alkyl halides is 3. The molecule has 0 aliphatic heterocycles. The van der Waals surface area contributed by atoms with Crippen LogP contribution < -0.4 is 5.32 Å². The van der Waals surface area contributed by atoms with Crippen LogP contribution in [0.3, 0.4) is 0 Å². The summed E-state index contributed by atoms with van der Waals surface area (Å²) in [5.41, 5.74) is 0.175. The zero-order valence-corrected chi connectivity index (χ0v) is 17.2. The number of nitrogens with zero attached hydrogens (tertiary/aromatic N) is 5. The maximum absolute atomic E-state index is 13.4. The Balaban J connectivity index is 1.87. The van der Waals surface area contributed by atoms with Crippen LogP contribution in [-0.2, 0) is 36.9 Å². The number of aryl methyl sites for hydroxylation is 1. The second-order valence-electron chi connectivity index (χ2n) is 7.46. The third-order valence-corrected chi connectivity index (χ3v) is 5.09. The number of amides is 2. The molecule has 1 aliphatic carbocycles. The maximum atomic E-state index is 13.4. The number of nitrogens with one attached hydrogen (secondary N) is 1.